The highest BCUT2D eigenvalue weighted by molar-refractivity contribution is 5.93. The maximum atomic E-state index is 12.7. The summed E-state index contributed by atoms with van der Waals surface area (Å²) in [7, 11) is 1.80. The molecule has 2 N–H and O–H groups in total. The van der Waals surface area contributed by atoms with Crippen molar-refractivity contribution in [2.45, 2.75) is 39.5 Å². The van der Waals surface area contributed by atoms with Crippen molar-refractivity contribution in [3.63, 3.8) is 0 Å². The van der Waals surface area contributed by atoms with Gasteiger partial charge in [-0.3, -0.25) is 9.89 Å². The second-order valence-electron chi connectivity index (χ2n) is 6.43. The van der Waals surface area contributed by atoms with Gasteiger partial charge in [-0.2, -0.15) is 5.10 Å². The maximum Gasteiger partial charge on any atom is 0.274 e. The molecule has 24 heavy (non-hydrogen) atoms. The fourth-order valence-electron chi connectivity index (χ4n) is 2.92. The molecule has 0 aliphatic carbocycles. The lowest BCUT2D eigenvalue weighted by molar-refractivity contribution is 0.0777. The van der Waals surface area contributed by atoms with Crippen LogP contribution in [-0.4, -0.2) is 40.7 Å². The molecule has 0 bridgehead atoms. The van der Waals surface area contributed by atoms with Crippen LogP contribution in [-0.2, 0) is 19.5 Å². The summed E-state index contributed by atoms with van der Waals surface area (Å²) >= 11 is 0. The first-order valence-corrected chi connectivity index (χ1v) is 8.32. The Balaban J connectivity index is 1.71. The van der Waals surface area contributed by atoms with E-state index in [0.717, 1.165) is 35.5 Å². The number of H-pyrrole nitrogens is 1. The zero-order valence-electron chi connectivity index (χ0n) is 14.4. The number of aromatic nitrogens is 2. The predicted molar refractivity (Wildman–Crippen MR) is 92.0 cm³/mol. The summed E-state index contributed by atoms with van der Waals surface area (Å²) in [4.78, 5) is 14.4. The van der Waals surface area contributed by atoms with Crippen LogP contribution in [0, 0.1) is 0 Å². The summed E-state index contributed by atoms with van der Waals surface area (Å²) in [5.41, 5.74) is 3.62. The third-order valence-electron chi connectivity index (χ3n) is 4.05. The SMILES string of the molecule is CC(C)Oc1cccc(CN(C)C(=O)c2n[nH]c3c2CNCC3)c1. The van der Waals surface area contributed by atoms with E-state index in [4.69, 9.17) is 4.74 Å². The van der Waals surface area contributed by atoms with Crippen LogP contribution >= 0.6 is 0 Å². The van der Waals surface area contributed by atoms with E-state index in [1.165, 1.54) is 0 Å². The van der Waals surface area contributed by atoms with E-state index in [1.54, 1.807) is 11.9 Å². The minimum Gasteiger partial charge on any atom is -0.491 e. The predicted octanol–water partition coefficient (Wildman–Crippen LogP) is 2.11. The number of hydrogen-bond donors (Lipinski definition) is 2. The van der Waals surface area contributed by atoms with Gasteiger partial charge in [-0.1, -0.05) is 12.1 Å². The van der Waals surface area contributed by atoms with Gasteiger partial charge in [0.1, 0.15) is 5.75 Å². The average Bonchev–Trinajstić information content (AvgIpc) is 2.97. The molecule has 3 rings (SSSR count). The Morgan fingerprint density at radius 2 is 2.25 bits per heavy atom. The number of carbonyl (C=O) groups is 1. The number of aromatic amines is 1. The zero-order valence-corrected chi connectivity index (χ0v) is 14.4. The molecule has 0 spiro atoms. The van der Waals surface area contributed by atoms with Crippen LogP contribution in [0.1, 0.15) is 41.2 Å². The molecule has 128 valence electrons. The number of nitrogens with one attached hydrogen (secondary N) is 2. The molecule has 6 nitrogen and oxygen atoms in total. The number of amides is 1. The number of hydrogen-bond acceptors (Lipinski definition) is 4. The fraction of sp³-hybridized carbons (Fsp3) is 0.444. The molecule has 6 heteroatoms. The lowest BCUT2D eigenvalue weighted by Crippen LogP contribution is -2.30. The Bertz CT molecular complexity index is 724. The quantitative estimate of drug-likeness (QED) is 0.882. The van der Waals surface area contributed by atoms with E-state index in [2.05, 4.69) is 15.5 Å². The van der Waals surface area contributed by atoms with Gasteiger partial charge >= 0.3 is 0 Å². The normalized spacial score (nSPS) is 13.7. The third-order valence-corrected chi connectivity index (χ3v) is 4.05. The van der Waals surface area contributed by atoms with Gasteiger partial charge in [0.25, 0.3) is 5.91 Å². The van der Waals surface area contributed by atoms with Crippen LogP contribution in [0.3, 0.4) is 0 Å². The summed E-state index contributed by atoms with van der Waals surface area (Å²) in [5.74, 6) is 0.760. The van der Waals surface area contributed by atoms with Gasteiger partial charge < -0.3 is 15.0 Å². The molecule has 2 aromatic rings. The van der Waals surface area contributed by atoms with Crippen LogP contribution in [0.15, 0.2) is 24.3 Å². The molecule has 1 aromatic carbocycles. The highest BCUT2D eigenvalue weighted by atomic mass is 16.5. The first-order chi connectivity index (χ1) is 11.5. The molecule has 0 saturated carbocycles. The Labute approximate surface area is 142 Å². The molecule has 0 atom stereocenters. The van der Waals surface area contributed by atoms with Gasteiger partial charge in [-0.15, -0.1) is 0 Å². The van der Waals surface area contributed by atoms with Crippen molar-refractivity contribution in [2.75, 3.05) is 13.6 Å². The molecular weight excluding hydrogens is 304 g/mol. The summed E-state index contributed by atoms with van der Waals surface area (Å²) in [6, 6.07) is 7.86. The standard InChI is InChI=1S/C18H24N4O2/c1-12(2)24-14-6-4-5-13(9-14)11-22(3)18(23)17-15-10-19-8-7-16(15)20-21-17/h4-6,9,12,19H,7-8,10-11H2,1-3H3,(H,20,21). The Morgan fingerprint density at radius 1 is 1.42 bits per heavy atom. The molecular formula is C18H24N4O2. The maximum absolute atomic E-state index is 12.7. The molecule has 2 heterocycles. The van der Waals surface area contributed by atoms with Crippen LogP contribution < -0.4 is 10.1 Å². The van der Waals surface area contributed by atoms with Gasteiger partial charge in [-0.25, -0.2) is 0 Å². The van der Waals surface area contributed by atoms with Gasteiger partial charge in [0.2, 0.25) is 0 Å². The highest BCUT2D eigenvalue weighted by Gasteiger charge is 2.23. The number of benzene rings is 1. The summed E-state index contributed by atoms with van der Waals surface area (Å²) in [5, 5.41) is 10.5. The Hall–Kier alpha value is -2.34. The average molecular weight is 328 g/mol. The van der Waals surface area contributed by atoms with Crippen molar-refractivity contribution >= 4 is 5.91 Å². The van der Waals surface area contributed by atoms with Gasteiger partial charge in [0.05, 0.1) is 6.10 Å². The number of carbonyl (C=O) groups excluding carboxylic acids is 1. The molecule has 1 aliphatic heterocycles. The molecule has 0 radical (unpaired) electrons. The van der Waals surface area contributed by atoms with Crippen molar-refractivity contribution in [1.82, 2.24) is 20.4 Å². The molecule has 1 amide bonds. The summed E-state index contributed by atoms with van der Waals surface area (Å²) in [6.07, 6.45) is 1.01. The summed E-state index contributed by atoms with van der Waals surface area (Å²) in [6.45, 7) is 6.12. The highest BCUT2D eigenvalue weighted by Crippen LogP contribution is 2.19. The zero-order chi connectivity index (χ0) is 17.1. The summed E-state index contributed by atoms with van der Waals surface area (Å²) < 4.78 is 5.71. The van der Waals surface area contributed by atoms with Gasteiger partial charge in [-0.05, 0) is 31.5 Å². The third kappa shape index (κ3) is 3.59. The number of rotatable bonds is 5. The molecule has 0 fully saturated rings. The first-order valence-electron chi connectivity index (χ1n) is 8.32. The molecule has 1 aliphatic rings. The van der Waals surface area contributed by atoms with Crippen molar-refractivity contribution in [2.24, 2.45) is 0 Å². The second kappa shape index (κ2) is 7.05. The molecule has 0 saturated heterocycles. The van der Waals surface area contributed by atoms with Crippen molar-refractivity contribution in [3.8, 4) is 5.75 Å². The minimum atomic E-state index is -0.0635. The number of fused-ring (bicyclic) bond motifs is 1. The van der Waals surface area contributed by atoms with Crippen LogP contribution in [0.25, 0.3) is 0 Å². The monoisotopic (exact) mass is 328 g/mol. The Morgan fingerprint density at radius 3 is 3.04 bits per heavy atom. The van der Waals surface area contributed by atoms with Gasteiger partial charge in [0.15, 0.2) is 5.69 Å². The smallest absolute Gasteiger partial charge is 0.274 e. The topological polar surface area (TPSA) is 70.2 Å². The van der Waals surface area contributed by atoms with E-state index in [0.29, 0.717) is 18.8 Å². The lowest BCUT2D eigenvalue weighted by Gasteiger charge is -2.19. The lowest BCUT2D eigenvalue weighted by atomic mass is 10.1. The minimum absolute atomic E-state index is 0.0635. The fourth-order valence-corrected chi connectivity index (χ4v) is 2.92. The van der Waals surface area contributed by atoms with Crippen LogP contribution in [0.4, 0.5) is 0 Å². The van der Waals surface area contributed by atoms with E-state index in [9.17, 15) is 4.79 Å². The van der Waals surface area contributed by atoms with E-state index >= 15 is 0 Å². The number of nitrogens with zero attached hydrogens (tertiary/aromatic N) is 2. The molecule has 0 unspecified atom stereocenters. The van der Waals surface area contributed by atoms with Crippen LogP contribution in [0.5, 0.6) is 5.75 Å². The van der Waals surface area contributed by atoms with Gasteiger partial charge in [0, 0.05) is 44.4 Å². The first kappa shape index (κ1) is 16.5. The molecule has 1 aromatic heterocycles. The van der Waals surface area contributed by atoms with E-state index in [1.807, 2.05) is 38.1 Å². The van der Waals surface area contributed by atoms with Crippen molar-refractivity contribution in [3.05, 3.63) is 46.8 Å². The Kier molecular flexibility index (Phi) is 4.85. The van der Waals surface area contributed by atoms with E-state index < -0.39 is 0 Å². The van der Waals surface area contributed by atoms with E-state index in [-0.39, 0.29) is 12.0 Å². The largest absolute Gasteiger partial charge is 0.491 e. The second-order valence-corrected chi connectivity index (χ2v) is 6.43. The number of ether oxygens (including phenoxy) is 1. The van der Waals surface area contributed by atoms with Crippen molar-refractivity contribution in [1.29, 1.82) is 0 Å². The van der Waals surface area contributed by atoms with Crippen molar-refractivity contribution < 1.29 is 9.53 Å². The van der Waals surface area contributed by atoms with Crippen LogP contribution in [0.2, 0.25) is 0 Å².